The molecule has 262 valence electrons. The molecule has 50 heavy (non-hydrogen) atoms. The Morgan fingerprint density at radius 1 is 0.360 bits per heavy atom. The Bertz CT molecular complexity index is 1660. The maximum Gasteiger partial charge on any atom is 0.537 e. The highest BCUT2D eigenvalue weighted by Crippen LogP contribution is 2.35. The van der Waals surface area contributed by atoms with Crippen molar-refractivity contribution in [2.24, 2.45) is 0 Å². The lowest BCUT2D eigenvalue weighted by atomic mass is 9.91. The molecular formula is C42H50O6Si2. The van der Waals surface area contributed by atoms with Gasteiger partial charge in [0.15, 0.2) is 0 Å². The van der Waals surface area contributed by atoms with E-state index in [1.54, 1.807) is 0 Å². The van der Waals surface area contributed by atoms with Gasteiger partial charge in [-0.25, -0.2) is 0 Å². The van der Waals surface area contributed by atoms with E-state index in [-0.39, 0.29) is 0 Å². The molecule has 6 nitrogen and oxygen atoms in total. The van der Waals surface area contributed by atoms with Gasteiger partial charge in [0.1, 0.15) is 0 Å². The van der Waals surface area contributed by atoms with Gasteiger partial charge in [0, 0.05) is 50.0 Å². The summed E-state index contributed by atoms with van der Waals surface area (Å²) in [4.78, 5) is 0. The quantitative estimate of drug-likeness (QED) is 0.0516. The largest absolute Gasteiger partial charge is 0.537 e. The molecule has 0 aliphatic rings. The highest BCUT2D eigenvalue weighted by Gasteiger charge is 2.44. The van der Waals surface area contributed by atoms with Crippen molar-refractivity contribution in [3.05, 3.63) is 119 Å². The molecule has 0 heterocycles. The zero-order chi connectivity index (χ0) is 35.4. The minimum atomic E-state index is -2.96. The summed E-state index contributed by atoms with van der Waals surface area (Å²) in [7, 11) is -5.92. The fourth-order valence-electron chi connectivity index (χ4n) is 6.40. The highest BCUT2D eigenvalue weighted by atomic mass is 28.4. The Labute approximate surface area is 300 Å². The third-order valence-corrected chi connectivity index (χ3v) is 14.5. The second-order valence-electron chi connectivity index (χ2n) is 11.5. The van der Waals surface area contributed by atoms with Crippen LogP contribution in [-0.2, 0) is 26.6 Å². The molecule has 0 saturated carbocycles. The van der Waals surface area contributed by atoms with Crippen LogP contribution >= 0.6 is 0 Å². The van der Waals surface area contributed by atoms with E-state index in [4.69, 9.17) is 26.6 Å². The Morgan fingerprint density at radius 2 is 0.620 bits per heavy atom. The van der Waals surface area contributed by atoms with Gasteiger partial charge in [-0.15, -0.1) is 0 Å². The van der Waals surface area contributed by atoms with Gasteiger partial charge in [-0.1, -0.05) is 121 Å². The fraction of sp³-hybridized carbons (Fsp3) is 0.286. The van der Waals surface area contributed by atoms with Crippen LogP contribution in [0.5, 0.6) is 0 Å². The number of hydrogen-bond donors (Lipinski definition) is 0. The van der Waals surface area contributed by atoms with Crippen LogP contribution in [0.4, 0.5) is 0 Å². The van der Waals surface area contributed by atoms with Crippen LogP contribution in [0.1, 0.15) is 63.8 Å². The van der Waals surface area contributed by atoms with E-state index in [0.29, 0.717) is 39.6 Å². The minimum Gasteiger partial charge on any atom is -0.370 e. The van der Waals surface area contributed by atoms with E-state index in [2.05, 4.69) is 121 Å². The van der Waals surface area contributed by atoms with Gasteiger partial charge in [0.05, 0.1) is 0 Å². The molecule has 0 aliphatic heterocycles. The number of fused-ring (bicyclic) bond motifs is 2. The molecule has 0 aromatic heterocycles. The van der Waals surface area contributed by atoms with Gasteiger partial charge in [-0.2, -0.15) is 0 Å². The fourth-order valence-corrected chi connectivity index (χ4v) is 11.3. The lowest BCUT2D eigenvalue weighted by Crippen LogP contribution is -2.56. The first-order chi connectivity index (χ1) is 24.5. The molecule has 0 fully saturated rings. The average Bonchev–Trinajstić information content (AvgIpc) is 3.14. The topological polar surface area (TPSA) is 55.4 Å². The zero-order valence-electron chi connectivity index (χ0n) is 30.2. The summed E-state index contributed by atoms with van der Waals surface area (Å²) in [6.07, 6.45) is 8.82. The smallest absolute Gasteiger partial charge is 0.370 e. The van der Waals surface area contributed by atoms with Crippen molar-refractivity contribution in [3.8, 4) is 0 Å². The first-order valence-electron chi connectivity index (χ1n) is 17.8. The van der Waals surface area contributed by atoms with Crippen molar-refractivity contribution in [3.63, 3.8) is 0 Å². The number of rotatable bonds is 18. The van der Waals surface area contributed by atoms with Crippen molar-refractivity contribution in [1.29, 1.82) is 0 Å². The standard InChI is InChI=1S/C42H50O6Si2/c1-7-43-49(44-8-2,45-9-3)35-27-21-33(22-28-35)25-31-41-37-17-13-15-19-39(37)42(40-20-16-14-18-38(40)41)32-26-34-23-29-36(30-24-34)50(46-10-4,47-11-5)48-12-6/h13-32H,7-12H2,1-6H3/b31-25+,32-26+. The summed E-state index contributed by atoms with van der Waals surface area (Å²) in [6, 6.07) is 34.1. The van der Waals surface area contributed by atoms with Gasteiger partial charge in [-0.05, 0) is 85.3 Å². The number of benzene rings is 5. The van der Waals surface area contributed by atoms with Crippen LogP contribution in [0.25, 0.3) is 45.8 Å². The summed E-state index contributed by atoms with van der Waals surface area (Å²) < 4.78 is 36.7. The summed E-state index contributed by atoms with van der Waals surface area (Å²) in [6.45, 7) is 15.1. The van der Waals surface area contributed by atoms with E-state index in [9.17, 15) is 0 Å². The normalized spacial score (nSPS) is 12.6. The lowest BCUT2D eigenvalue weighted by Gasteiger charge is -2.28. The van der Waals surface area contributed by atoms with Gasteiger partial charge in [0.25, 0.3) is 0 Å². The minimum absolute atomic E-state index is 0.533. The van der Waals surface area contributed by atoms with E-state index >= 15 is 0 Å². The molecular weight excluding hydrogens is 657 g/mol. The van der Waals surface area contributed by atoms with Gasteiger partial charge in [0.2, 0.25) is 0 Å². The van der Waals surface area contributed by atoms with Crippen LogP contribution < -0.4 is 10.4 Å². The van der Waals surface area contributed by atoms with Gasteiger partial charge >= 0.3 is 17.6 Å². The molecule has 5 aromatic carbocycles. The summed E-state index contributed by atoms with van der Waals surface area (Å²) in [5, 5.41) is 6.74. The van der Waals surface area contributed by atoms with E-state index < -0.39 is 17.6 Å². The third-order valence-electron chi connectivity index (χ3n) is 8.43. The molecule has 0 amide bonds. The molecule has 5 aromatic rings. The molecule has 0 saturated heterocycles. The maximum absolute atomic E-state index is 6.12. The predicted molar refractivity (Wildman–Crippen MR) is 213 cm³/mol. The summed E-state index contributed by atoms with van der Waals surface area (Å²) in [5.74, 6) is 0. The molecule has 8 heteroatoms. The molecule has 0 bridgehead atoms. The van der Waals surface area contributed by atoms with Gasteiger partial charge < -0.3 is 26.6 Å². The second kappa shape index (κ2) is 18.0. The monoisotopic (exact) mass is 706 g/mol. The number of hydrogen-bond acceptors (Lipinski definition) is 6. The maximum atomic E-state index is 6.12. The second-order valence-corrected chi connectivity index (χ2v) is 16.7. The lowest BCUT2D eigenvalue weighted by molar-refractivity contribution is 0.0851. The Balaban J connectivity index is 1.50. The van der Waals surface area contributed by atoms with Crippen LogP contribution in [0.15, 0.2) is 97.1 Å². The van der Waals surface area contributed by atoms with Crippen LogP contribution in [0.2, 0.25) is 0 Å². The average molecular weight is 707 g/mol. The predicted octanol–water partition coefficient (Wildman–Crippen LogP) is 8.84. The molecule has 0 radical (unpaired) electrons. The molecule has 0 N–H and O–H groups in total. The Hall–Kier alpha value is -3.71. The SMILES string of the molecule is CCO[Si](OCC)(OCC)c1ccc(/C=C/c2c3ccccc3c(/C=C/c3ccc([Si](OCC)(OCC)OCC)cc3)c3ccccc23)cc1. The first kappa shape index (κ1) is 37.5. The first-order valence-corrected chi connectivity index (χ1v) is 21.3. The van der Waals surface area contributed by atoms with Crippen molar-refractivity contribution in [2.75, 3.05) is 39.6 Å². The Kier molecular flexibility index (Phi) is 13.5. The van der Waals surface area contributed by atoms with Gasteiger partial charge in [-0.3, -0.25) is 0 Å². The molecule has 0 aliphatic carbocycles. The van der Waals surface area contributed by atoms with E-state index in [0.717, 1.165) is 21.5 Å². The highest BCUT2D eigenvalue weighted by molar-refractivity contribution is 6.75. The van der Waals surface area contributed by atoms with Crippen molar-refractivity contribution in [1.82, 2.24) is 0 Å². The molecule has 0 spiro atoms. The Morgan fingerprint density at radius 3 is 0.860 bits per heavy atom. The van der Waals surface area contributed by atoms with Crippen molar-refractivity contribution in [2.45, 2.75) is 41.5 Å². The van der Waals surface area contributed by atoms with Crippen LogP contribution in [0.3, 0.4) is 0 Å². The van der Waals surface area contributed by atoms with E-state index in [1.807, 2.05) is 41.5 Å². The zero-order valence-corrected chi connectivity index (χ0v) is 32.2. The molecule has 0 atom stereocenters. The molecule has 5 rings (SSSR count). The summed E-state index contributed by atoms with van der Waals surface area (Å²) in [5.41, 5.74) is 4.55. The third kappa shape index (κ3) is 8.25. The van der Waals surface area contributed by atoms with Crippen molar-refractivity contribution < 1.29 is 26.6 Å². The summed E-state index contributed by atoms with van der Waals surface area (Å²) >= 11 is 0. The van der Waals surface area contributed by atoms with Crippen LogP contribution in [0, 0.1) is 0 Å². The van der Waals surface area contributed by atoms with E-state index in [1.165, 1.54) is 32.7 Å². The van der Waals surface area contributed by atoms with Crippen LogP contribution in [-0.4, -0.2) is 57.3 Å². The van der Waals surface area contributed by atoms with Crippen molar-refractivity contribution >= 4 is 73.8 Å². The molecule has 0 unspecified atom stereocenters.